The number of aliphatic carboxylic acids is 2. The van der Waals surface area contributed by atoms with Crippen molar-refractivity contribution >= 4 is 23.8 Å². The fourth-order valence-electron chi connectivity index (χ4n) is 3.25. The highest BCUT2D eigenvalue weighted by atomic mass is 16.5. The summed E-state index contributed by atoms with van der Waals surface area (Å²) in [7, 11) is 0. The zero-order valence-electron chi connectivity index (χ0n) is 17.4. The van der Waals surface area contributed by atoms with Crippen LogP contribution in [-0.4, -0.2) is 40.1 Å². The Morgan fingerprint density at radius 3 is 2.55 bits per heavy atom. The maximum Gasteiger partial charge on any atom is 0.347 e. The summed E-state index contributed by atoms with van der Waals surface area (Å²) in [5, 5.41) is 17.9. The average molecular weight is 424 g/mol. The van der Waals surface area contributed by atoms with E-state index in [1.165, 1.54) is 13.8 Å². The minimum atomic E-state index is -1.37. The molecule has 2 aromatic carbocycles. The van der Waals surface area contributed by atoms with E-state index in [1.807, 2.05) is 12.1 Å². The van der Waals surface area contributed by atoms with Crippen LogP contribution in [0.5, 0.6) is 11.5 Å². The fourth-order valence-corrected chi connectivity index (χ4v) is 3.25. The van der Waals surface area contributed by atoms with Crippen molar-refractivity contribution in [3.05, 3.63) is 64.7 Å². The third kappa shape index (κ3) is 5.51. The molecule has 31 heavy (non-hydrogen) atoms. The lowest BCUT2D eigenvalue weighted by atomic mass is 9.86. The molecule has 2 aromatic rings. The molecule has 0 saturated carbocycles. The van der Waals surface area contributed by atoms with Gasteiger partial charge in [-0.25, -0.2) is 4.79 Å². The smallest absolute Gasteiger partial charge is 0.347 e. The van der Waals surface area contributed by atoms with E-state index >= 15 is 0 Å². The largest absolute Gasteiger partial charge is 0.493 e. The maximum atomic E-state index is 13.0. The Hall–Kier alpha value is -3.61. The number of allylic oxidation sites excluding steroid dienone is 1. The lowest BCUT2D eigenvalue weighted by Crippen LogP contribution is -2.37. The Morgan fingerprint density at radius 2 is 1.84 bits per heavy atom. The molecule has 1 aliphatic rings. The number of ether oxygens (including phenoxy) is 2. The first-order valence-electron chi connectivity index (χ1n) is 9.91. The average Bonchev–Trinajstić information content (AvgIpc) is 2.70. The van der Waals surface area contributed by atoms with Crippen LogP contribution in [0.15, 0.2) is 48.0 Å². The number of aryl methyl sites for hydroxylation is 1. The molecule has 1 aliphatic carbocycles. The van der Waals surface area contributed by atoms with Gasteiger partial charge in [-0.3, -0.25) is 9.59 Å². The summed E-state index contributed by atoms with van der Waals surface area (Å²) in [6, 6.07) is 12.2. The van der Waals surface area contributed by atoms with Crippen LogP contribution < -0.4 is 9.47 Å². The van der Waals surface area contributed by atoms with E-state index in [9.17, 15) is 19.5 Å². The number of benzene rings is 2. The molecule has 3 rings (SSSR count). The molecule has 7 heteroatoms. The molecule has 2 N–H and O–H groups in total. The molecule has 0 aliphatic heterocycles. The highest BCUT2D eigenvalue weighted by molar-refractivity contribution is 6.13. The molecule has 0 bridgehead atoms. The Morgan fingerprint density at radius 1 is 1.06 bits per heavy atom. The lowest BCUT2D eigenvalue weighted by molar-refractivity contribution is -0.152. The number of hydrogen-bond acceptors (Lipinski definition) is 5. The van der Waals surface area contributed by atoms with Crippen molar-refractivity contribution in [3.63, 3.8) is 0 Å². The summed E-state index contributed by atoms with van der Waals surface area (Å²) in [5.74, 6) is -1.12. The second-order valence-electron chi connectivity index (χ2n) is 7.80. The van der Waals surface area contributed by atoms with Gasteiger partial charge in [-0.2, -0.15) is 0 Å². The van der Waals surface area contributed by atoms with Crippen molar-refractivity contribution in [3.8, 4) is 11.5 Å². The highest BCUT2D eigenvalue weighted by Gasteiger charge is 2.30. The van der Waals surface area contributed by atoms with Gasteiger partial charge in [-0.1, -0.05) is 12.1 Å². The minimum Gasteiger partial charge on any atom is -0.493 e. The molecule has 0 unspecified atom stereocenters. The summed E-state index contributed by atoms with van der Waals surface area (Å²) in [6.07, 6.45) is 2.90. The maximum absolute atomic E-state index is 13.0. The third-order valence-corrected chi connectivity index (χ3v) is 4.95. The predicted molar refractivity (Wildman–Crippen MR) is 114 cm³/mol. The van der Waals surface area contributed by atoms with Gasteiger partial charge in [-0.15, -0.1) is 0 Å². The van der Waals surface area contributed by atoms with Crippen LogP contribution in [0.1, 0.15) is 48.2 Å². The zero-order chi connectivity index (χ0) is 22.6. The van der Waals surface area contributed by atoms with E-state index in [2.05, 4.69) is 0 Å². The van der Waals surface area contributed by atoms with E-state index in [4.69, 9.17) is 14.6 Å². The van der Waals surface area contributed by atoms with Crippen molar-refractivity contribution in [2.24, 2.45) is 0 Å². The molecule has 0 radical (unpaired) electrons. The van der Waals surface area contributed by atoms with Crippen molar-refractivity contribution in [2.45, 2.75) is 38.7 Å². The van der Waals surface area contributed by atoms with Crippen molar-refractivity contribution in [1.82, 2.24) is 0 Å². The third-order valence-electron chi connectivity index (χ3n) is 4.95. The number of ketones is 1. The Kier molecular flexibility index (Phi) is 6.44. The van der Waals surface area contributed by atoms with Gasteiger partial charge < -0.3 is 19.7 Å². The standard InChI is InChI=1S/C24H24O7/c1-24(2,23(28)29)31-19-8-9-20-16(14-19)6-7-17(22(20)27)12-15-4-3-5-18(13-15)30-11-10-21(25)26/h3-5,8-9,12-14H,6-7,10-11H2,1-2H3,(H,25,26)(H,28,29)/b17-12-. The Labute approximate surface area is 179 Å². The van der Waals surface area contributed by atoms with E-state index in [-0.39, 0.29) is 18.8 Å². The first kappa shape index (κ1) is 22.1. The minimum absolute atomic E-state index is 0.0742. The molecule has 0 amide bonds. The quantitative estimate of drug-likeness (QED) is 0.617. The molecular weight excluding hydrogens is 400 g/mol. The Bertz CT molecular complexity index is 1050. The number of Topliss-reactive ketones (excluding diaryl/α,β-unsaturated/α-hetero) is 1. The van der Waals surface area contributed by atoms with Gasteiger partial charge in [0.1, 0.15) is 11.5 Å². The summed E-state index contributed by atoms with van der Waals surface area (Å²) in [6.45, 7) is 3.02. The van der Waals surface area contributed by atoms with Gasteiger partial charge >= 0.3 is 11.9 Å². The first-order chi connectivity index (χ1) is 14.7. The van der Waals surface area contributed by atoms with Crippen molar-refractivity contribution in [2.75, 3.05) is 6.61 Å². The molecule has 0 fully saturated rings. The van der Waals surface area contributed by atoms with Crippen LogP contribution in [0.3, 0.4) is 0 Å². The van der Waals surface area contributed by atoms with Crippen molar-refractivity contribution in [1.29, 1.82) is 0 Å². The van der Waals surface area contributed by atoms with Gasteiger partial charge in [0, 0.05) is 11.1 Å². The van der Waals surface area contributed by atoms with Crippen LogP contribution >= 0.6 is 0 Å². The van der Waals surface area contributed by atoms with Gasteiger partial charge in [0.2, 0.25) is 0 Å². The molecule has 0 saturated heterocycles. The van der Waals surface area contributed by atoms with Crippen LogP contribution in [-0.2, 0) is 16.0 Å². The van der Waals surface area contributed by atoms with Gasteiger partial charge in [0.15, 0.2) is 11.4 Å². The number of hydrogen-bond donors (Lipinski definition) is 2. The summed E-state index contributed by atoms with van der Waals surface area (Å²) >= 11 is 0. The number of fused-ring (bicyclic) bond motifs is 1. The molecule has 7 nitrogen and oxygen atoms in total. The summed E-state index contributed by atoms with van der Waals surface area (Å²) in [5.41, 5.74) is 1.49. The number of carboxylic acid groups (broad SMARTS) is 2. The van der Waals surface area contributed by atoms with Crippen LogP contribution in [0.25, 0.3) is 6.08 Å². The van der Waals surface area contributed by atoms with Gasteiger partial charge in [0.25, 0.3) is 0 Å². The van der Waals surface area contributed by atoms with Gasteiger partial charge in [0.05, 0.1) is 13.0 Å². The van der Waals surface area contributed by atoms with Crippen LogP contribution in [0, 0.1) is 0 Å². The lowest BCUT2D eigenvalue weighted by Gasteiger charge is -2.23. The van der Waals surface area contributed by atoms with E-state index in [1.54, 1.807) is 36.4 Å². The summed E-state index contributed by atoms with van der Waals surface area (Å²) < 4.78 is 11.0. The van der Waals surface area contributed by atoms with Crippen LogP contribution in [0.4, 0.5) is 0 Å². The van der Waals surface area contributed by atoms with E-state index in [0.29, 0.717) is 35.5 Å². The second-order valence-corrected chi connectivity index (χ2v) is 7.80. The summed E-state index contributed by atoms with van der Waals surface area (Å²) in [4.78, 5) is 34.8. The highest BCUT2D eigenvalue weighted by Crippen LogP contribution is 2.31. The monoisotopic (exact) mass is 424 g/mol. The molecule has 0 spiro atoms. The number of carboxylic acids is 2. The molecule has 0 aromatic heterocycles. The molecule has 162 valence electrons. The Balaban J connectivity index is 1.76. The zero-order valence-corrected chi connectivity index (χ0v) is 17.4. The van der Waals surface area contributed by atoms with E-state index in [0.717, 1.165) is 11.1 Å². The number of carbonyl (C=O) groups is 3. The van der Waals surface area contributed by atoms with Gasteiger partial charge in [-0.05, 0) is 74.2 Å². The van der Waals surface area contributed by atoms with Crippen molar-refractivity contribution < 1.29 is 34.1 Å². The SMILES string of the molecule is CC(C)(Oc1ccc2c(c1)CC/C(=C/c1cccc(OCCC(=O)O)c1)C2=O)C(=O)O. The predicted octanol–water partition coefficient (Wildman–Crippen LogP) is 3.99. The number of rotatable bonds is 8. The van der Waals surface area contributed by atoms with E-state index < -0.39 is 17.5 Å². The molecular formula is C24H24O7. The topological polar surface area (TPSA) is 110 Å². The second kappa shape index (κ2) is 9.04. The first-order valence-corrected chi connectivity index (χ1v) is 9.91. The van der Waals surface area contributed by atoms with Crippen LogP contribution in [0.2, 0.25) is 0 Å². The normalized spacial score (nSPS) is 14.8. The fraction of sp³-hybridized carbons (Fsp3) is 0.292. The molecule has 0 atom stereocenters. The molecule has 0 heterocycles. The number of carbonyl (C=O) groups excluding carboxylic acids is 1.